The first-order valence-electron chi connectivity index (χ1n) is 7.80. The zero-order chi connectivity index (χ0) is 18.7. The summed E-state index contributed by atoms with van der Waals surface area (Å²) in [5, 5.41) is 7.88. The van der Waals surface area contributed by atoms with Gasteiger partial charge in [0.2, 0.25) is 0 Å². The number of amides is 4. The van der Waals surface area contributed by atoms with Gasteiger partial charge in [-0.05, 0) is 36.8 Å². The Kier molecular flexibility index (Phi) is 4.81. The number of imide groups is 1. The van der Waals surface area contributed by atoms with Gasteiger partial charge in [-0.1, -0.05) is 35.9 Å². The molecule has 1 aliphatic rings. The van der Waals surface area contributed by atoms with E-state index in [0.717, 1.165) is 0 Å². The zero-order valence-corrected chi connectivity index (χ0v) is 14.6. The molecule has 0 bridgehead atoms. The van der Waals surface area contributed by atoms with Crippen molar-refractivity contribution in [2.24, 2.45) is 0 Å². The Balaban J connectivity index is 1.67. The molecule has 1 saturated heterocycles. The molecule has 1 aliphatic heterocycles. The Hall–Kier alpha value is -3.06. The number of urea groups is 1. The standard InChI is InChI=1S/C18H16ClN3O4/c1-18(16(24)21-17(25)22-18)11-5-4-6-12(9-11)20-15(23)10-26-14-8-3-2-7-13(14)19/h2-9H,10H2,1H3,(H,20,23)(H2,21,22,24,25)/t18-/m0/s1. The van der Waals surface area contributed by atoms with Gasteiger partial charge in [0.25, 0.3) is 11.8 Å². The van der Waals surface area contributed by atoms with E-state index in [2.05, 4.69) is 16.0 Å². The molecule has 7 nitrogen and oxygen atoms in total. The van der Waals surface area contributed by atoms with Crippen LogP contribution in [0, 0.1) is 0 Å². The summed E-state index contributed by atoms with van der Waals surface area (Å²) in [5.41, 5.74) is -0.164. The van der Waals surface area contributed by atoms with Crippen molar-refractivity contribution in [3.8, 4) is 5.75 Å². The van der Waals surface area contributed by atoms with E-state index in [-0.39, 0.29) is 12.5 Å². The molecule has 134 valence electrons. The highest BCUT2D eigenvalue weighted by Gasteiger charge is 2.43. The zero-order valence-electron chi connectivity index (χ0n) is 13.8. The third-order valence-electron chi connectivity index (χ3n) is 3.96. The molecule has 3 rings (SSSR count). The molecule has 1 fully saturated rings. The quantitative estimate of drug-likeness (QED) is 0.701. The third-order valence-corrected chi connectivity index (χ3v) is 4.28. The number of anilines is 1. The Morgan fingerprint density at radius 1 is 1.19 bits per heavy atom. The number of benzene rings is 2. The second-order valence-electron chi connectivity index (χ2n) is 5.88. The van der Waals surface area contributed by atoms with Gasteiger partial charge < -0.3 is 15.4 Å². The number of hydrogen-bond acceptors (Lipinski definition) is 4. The molecule has 0 spiro atoms. The Bertz CT molecular complexity index is 886. The molecule has 0 aromatic heterocycles. The molecule has 26 heavy (non-hydrogen) atoms. The van der Waals surface area contributed by atoms with Crippen LogP contribution in [0.2, 0.25) is 5.02 Å². The van der Waals surface area contributed by atoms with Crippen LogP contribution in [0.3, 0.4) is 0 Å². The fourth-order valence-electron chi connectivity index (χ4n) is 2.56. The van der Waals surface area contributed by atoms with Gasteiger partial charge in [0.15, 0.2) is 6.61 Å². The van der Waals surface area contributed by atoms with Crippen LogP contribution in [0.1, 0.15) is 12.5 Å². The molecule has 0 saturated carbocycles. The van der Waals surface area contributed by atoms with Gasteiger partial charge in [0.1, 0.15) is 11.3 Å². The summed E-state index contributed by atoms with van der Waals surface area (Å²) in [5.74, 6) is -0.420. The van der Waals surface area contributed by atoms with Crippen LogP contribution in [0.5, 0.6) is 5.75 Å². The van der Waals surface area contributed by atoms with Gasteiger partial charge in [-0.15, -0.1) is 0 Å². The fourth-order valence-corrected chi connectivity index (χ4v) is 2.75. The Morgan fingerprint density at radius 2 is 1.96 bits per heavy atom. The van der Waals surface area contributed by atoms with Crippen molar-refractivity contribution in [2.45, 2.75) is 12.5 Å². The van der Waals surface area contributed by atoms with Crippen molar-refractivity contribution in [3.05, 3.63) is 59.1 Å². The fraction of sp³-hybridized carbons (Fsp3) is 0.167. The minimum absolute atomic E-state index is 0.220. The highest BCUT2D eigenvalue weighted by atomic mass is 35.5. The van der Waals surface area contributed by atoms with Crippen molar-refractivity contribution in [1.29, 1.82) is 0 Å². The van der Waals surface area contributed by atoms with Crippen molar-refractivity contribution in [3.63, 3.8) is 0 Å². The van der Waals surface area contributed by atoms with E-state index < -0.39 is 17.5 Å². The van der Waals surface area contributed by atoms with E-state index in [9.17, 15) is 14.4 Å². The predicted molar refractivity (Wildman–Crippen MR) is 96.0 cm³/mol. The van der Waals surface area contributed by atoms with E-state index in [0.29, 0.717) is 22.0 Å². The van der Waals surface area contributed by atoms with E-state index in [1.165, 1.54) is 0 Å². The average molecular weight is 374 g/mol. The van der Waals surface area contributed by atoms with Crippen molar-refractivity contribution in [2.75, 3.05) is 11.9 Å². The number of para-hydroxylation sites is 1. The highest BCUT2D eigenvalue weighted by molar-refractivity contribution is 6.32. The summed E-state index contributed by atoms with van der Waals surface area (Å²) in [4.78, 5) is 35.5. The minimum atomic E-state index is -1.19. The Morgan fingerprint density at radius 3 is 2.65 bits per heavy atom. The molecule has 0 aliphatic carbocycles. The van der Waals surface area contributed by atoms with Gasteiger partial charge in [0, 0.05) is 5.69 Å². The predicted octanol–water partition coefficient (Wildman–Crippen LogP) is 2.41. The lowest BCUT2D eigenvalue weighted by Gasteiger charge is -2.21. The summed E-state index contributed by atoms with van der Waals surface area (Å²) in [6, 6.07) is 13.0. The molecule has 2 aromatic rings. The third kappa shape index (κ3) is 3.62. The SMILES string of the molecule is C[C@@]1(c2cccc(NC(=O)COc3ccccc3Cl)c2)NC(=O)NC1=O. The van der Waals surface area contributed by atoms with E-state index in [1.807, 2.05) is 0 Å². The topological polar surface area (TPSA) is 96.5 Å². The summed E-state index contributed by atoms with van der Waals surface area (Å²) in [7, 11) is 0. The molecule has 3 N–H and O–H groups in total. The van der Waals surface area contributed by atoms with E-state index >= 15 is 0 Å². The maximum atomic E-state index is 12.1. The monoisotopic (exact) mass is 373 g/mol. The Labute approximate surface area is 154 Å². The molecule has 8 heteroatoms. The number of hydrogen-bond donors (Lipinski definition) is 3. The minimum Gasteiger partial charge on any atom is -0.482 e. The highest BCUT2D eigenvalue weighted by Crippen LogP contribution is 2.27. The molecule has 0 radical (unpaired) electrons. The molecule has 1 heterocycles. The van der Waals surface area contributed by atoms with Gasteiger partial charge >= 0.3 is 6.03 Å². The molecule has 2 aromatic carbocycles. The van der Waals surface area contributed by atoms with Gasteiger partial charge in [-0.3, -0.25) is 14.9 Å². The molecule has 4 amide bonds. The van der Waals surface area contributed by atoms with Gasteiger partial charge in [-0.25, -0.2) is 4.79 Å². The summed E-state index contributed by atoms with van der Waals surface area (Å²) in [6.07, 6.45) is 0. The first-order chi connectivity index (χ1) is 12.4. The summed E-state index contributed by atoms with van der Waals surface area (Å²) < 4.78 is 5.39. The number of ether oxygens (including phenoxy) is 1. The molecule has 1 atom stereocenters. The van der Waals surface area contributed by atoms with Crippen LogP contribution < -0.4 is 20.7 Å². The van der Waals surface area contributed by atoms with Crippen LogP contribution in [0.25, 0.3) is 0 Å². The van der Waals surface area contributed by atoms with Gasteiger partial charge in [0.05, 0.1) is 5.02 Å². The number of nitrogens with one attached hydrogen (secondary N) is 3. The lowest BCUT2D eigenvalue weighted by atomic mass is 9.92. The molecular weight excluding hydrogens is 358 g/mol. The van der Waals surface area contributed by atoms with Crippen LogP contribution in [-0.4, -0.2) is 24.5 Å². The number of carbonyl (C=O) groups is 3. The first kappa shape index (κ1) is 17.8. The maximum absolute atomic E-state index is 12.1. The summed E-state index contributed by atoms with van der Waals surface area (Å²) in [6.45, 7) is 1.37. The van der Waals surface area contributed by atoms with Crippen LogP contribution in [0.15, 0.2) is 48.5 Å². The number of carbonyl (C=O) groups excluding carboxylic acids is 3. The van der Waals surface area contributed by atoms with Crippen LogP contribution >= 0.6 is 11.6 Å². The van der Waals surface area contributed by atoms with Gasteiger partial charge in [-0.2, -0.15) is 0 Å². The summed E-state index contributed by atoms with van der Waals surface area (Å²) >= 11 is 5.97. The van der Waals surface area contributed by atoms with Crippen molar-refractivity contribution >= 4 is 35.1 Å². The molecular formula is C18H16ClN3O4. The average Bonchev–Trinajstić information content (AvgIpc) is 2.87. The number of halogens is 1. The van der Waals surface area contributed by atoms with Crippen molar-refractivity contribution < 1.29 is 19.1 Å². The van der Waals surface area contributed by atoms with Crippen LogP contribution in [-0.2, 0) is 15.1 Å². The first-order valence-corrected chi connectivity index (χ1v) is 8.17. The lowest BCUT2D eigenvalue weighted by molar-refractivity contribution is -0.123. The maximum Gasteiger partial charge on any atom is 0.322 e. The second kappa shape index (κ2) is 7.05. The van der Waals surface area contributed by atoms with Crippen molar-refractivity contribution in [1.82, 2.24) is 10.6 Å². The molecule has 0 unspecified atom stereocenters. The van der Waals surface area contributed by atoms with E-state index in [4.69, 9.17) is 16.3 Å². The number of rotatable bonds is 5. The second-order valence-corrected chi connectivity index (χ2v) is 6.29. The van der Waals surface area contributed by atoms with E-state index in [1.54, 1.807) is 55.5 Å². The smallest absolute Gasteiger partial charge is 0.322 e. The normalized spacial score (nSPS) is 18.8. The van der Waals surface area contributed by atoms with Crippen LogP contribution in [0.4, 0.5) is 10.5 Å². The lowest BCUT2D eigenvalue weighted by Crippen LogP contribution is -2.40. The largest absolute Gasteiger partial charge is 0.482 e.